The summed E-state index contributed by atoms with van der Waals surface area (Å²) in [5.74, 6) is 0.799. The van der Waals surface area contributed by atoms with Crippen molar-refractivity contribution in [3.05, 3.63) is 40.4 Å². The van der Waals surface area contributed by atoms with Crippen LogP contribution in [-0.2, 0) is 19.6 Å². The van der Waals surface area contributed by atoms with Gasteiger partial charge >= 0.3 is 5.97 Å². The standard InChI is InChI=1S/C14H14ClN3O3/c15-9-4-3-5-10(13(9)14(19)20)21-8-12-17-16-11-6-1-2-7-18(11)12/h3-5H,1-2,6-8H2,(H,19,20). The molecule has 0 bridgehead atoms. The lowest BCUT2D eigenvalue weighted by Crippen LogP contribution is -2.15. The van der Waals surface area contributed by atoms with Crippen molar-refractivity contribution >= 4 is 17.6 Å². The number of rotatable bonds is 4. The Labute approximate surface area is 126 Å². The van der Waals surface area contributed by atoms with Crippen LogP contribution in [0.15, 0.2) is 18.2 Å². The van der Waals surface area contributed by atoms with Crippen LogP contribution < -0.4 is 4.74 Å². The zero-order chi connectivity index (χ0) is 14.8. The van der Waals surface area contributed by atoms with Gasteiger partial charge in [-0.3, -0.25) is 0 Å². The van der Waals surface area contributed by atoms with Crippen LogP contribution in [0.4, 0.5) is 0 Å². The number of carbonyl (C=O) groups is 1. The number of nitrogens with zero attached hydrogens (tertiary/aromatic N) is 3. The second-order valence-corrected chi connectivity index (χ2v) is 5.26. The minimum atomic E-state index is -1.11. The largest absolute Gasteiger partial charge is 0.485 e. The Hall–Kier alpha value is -2.08. The number of aromatic carboxylic acids is 1. The molecule has 0 aliphatic carbocycles. The normalized spacial score (nSPS) is 13.8. The molecule has 0 saturated heterocycles. The zero-order valence-electron chi connectivity index (χ0n) is 11.3. The van der Waals surface area contributed by atoms with E-state index in [0.29, 0.717) is 5.82 Å². The van der Waals surface area contributed by atoms with Crippen molar-refractivity contribution < 1.29 is 14.6 Å². The van der Waals surface area contributed by atoms with Gasteiger partial charge in [-0.1, -0.05) is 17.7 Å². The topological polar surface area (TPSA) is 77.2 Å². The van der Waals surface area contributed by atoms with Gasteiger partial charge in [-0.25, -0.2) is 4.79 Å². The molecule has 2 aromatic rings. The summed E-state index contributed by atoms with van der Waals surface area (Å²) in [4.78, 5) is 11.2. The van der Waals surface area contributed by atoms with E-state index < -0.39 is 5.97 Å². The Bertz CT molecular complexity index is 684. The number of ether oxygens (including phenoxy) is 1. The maximum absolute atomic E-state index is 11.2. The number of carboxylic acid groups (broad SMARTS) is 1. The number of fused-ring (bicyclic) bond motifs is 1. The van der Waals surface area contributed by atoms with Crippen molar-refractivity contribution in [2.75, 3.05) is 0 Å². The molecule has 1 aromatic carbocycles. The van der Waals surface area contributed by atoms with Gasteiger partial charge in [-0.05, 0) is 25.0 Å². The summed E-state index contributed by atoms with van der Waals surface area (Å²) in [5.41, 5.74) is -0.0300. The van der Waals surface area contributed by atoms with Gasteiger partial charge in [0.15, 0.2) is 5.82 Å². The fourth-order valence-electron chi connectivity index (χ4n) is 2.45. The van der Waals surface area contributed by atoms with Crippen LogP contribution >= 0.6 is 11.6 Å². The molecular formula is C14H14ClN3O3. The number of aryl methyl sites for hydroxylation is 1. The molecule has 0 atom stereocenters. The third kappa shape index (κ3) is 2.71. The van der Waals surface area contributed by atoms with E-state index in [4.69, 9.17) is 16.3 Å². The number of benzene rings is 1. The minimum Gasteiger partial charge on any atom is -0.485 e. The molecule has 1 aliphatic heterocycles. The predicted molar refractivity (Wildman–Crippen MR) is 75.7 cm³/mol. The number of hydrogen-bond donors (Lipinski definition) is 1. The van der Waals surface area contributed by atoms with E-state index in [2.05, 4.69) is 10.2 Å². The lowest BCUT2D eigenvalue weighted by atomic mass is 10.2. The third-order valence-corrected chi connectivity index (χ3v) is 3.80. The summed E-state index contributed by atoms with van der Waals surface area (Å²) in [6, 6.07) is 4.77. The van der Waals surface area contributed by atoms with Crippen LogP contribution in [-0.4, -0.2) is 25.8 Å². The van der Waals surface area contributed by atoms with Crippen LogP contribution in [0.3, 0.4) is 0 Å². The summed E-state index contributed by atoms with van der Waals surface area (Å²) < 4.78 is 7.64. The highest BCUT2D eigenvalue weighted by atomic mass is 35.5. The van der Waals surface area contributed by atoms with Gasteiger partial charge in [0.2, 0.25) is 0 Å². The molecule has 1 aromatic heterocycles. The van der Waals surface area contributed by atoms with E-state index >= 15 is 0 Å². The van der Waals surface area contributed by atoms with Crippen molar-refractivity contribution in [2.24, 2.45) is 0 Å². The molecule has 3 rings (SSSR count). The Kier molecular flexibility index (Phi) is 3.79. The highest BCUT2D eigenvalue weighted by Gasteiger charge is 2.19. The Balaban J connectivity index is 1.81. The Morgan fingerprint density at radius 1 is 1.38 bits per heavy atom. The predicted octanol–water partition coefficient (Wildman–Crippen LogP) is 2.55. The van der Waals surface area contributed by atoms with E-state index in [9.17, 15) is 9.90 Å². The lowest BCUT2D eigenvalue weighted by molar-refractivity contribution is 0.0691. The summed E-state index contributed by atoms with van der Waals surface area (Å²) in [6.07, 6.45) is 3.14. The molecule has 2 heterocycles. The van der Waals surface area contributed by atoms with Crippen molar-refractivity contribution in [2.45, 2.75) is 32.4 Å². The average molecular weight is 308 g/mol. The van der Waals surface area contributed by atoms with Crippen LogP contribution in [0, 0.1) is 0 Å². The van der Waals surface area contributed by atoms with E-state index in [0.717, 1.165) is 31.6 Å². The van der Waals surface area contributed by atoms with Gasteiger partial charge in [-0.2, -0.15) is 0 Å². The van der Waals surface area contributed by atoms with Crippen molar-refractivity contribution in [3.8, 4) is 5.75 Å². The molecule has 110 valence electrons. The van der Waals surface area contributed by atoms with Crippen molar-refractivity contribution in [1.29, 1.82) is 0 Å². The average Bonchev–Trinajstić information content (AvgIpc) is 2.88. The highest BCUT2D eigenvalue weighted by molar-refractivity contribution is 6.33. The number of halogens is 1. The first-order valence-electron chi connectivity index (χ1n) is 6.72. The third-order valence-electron chi connectivity index (χ3n) is 3.48. The number of carboxylic acids is 1. The second-order valence-electron chi connectivity index (χ2n) is 4.85. The smallest absolute Gasteiger partial charge is 0.341 e. The van der Waals surface area contributed by atoms with Gasteiger partial charge in [0.25, 0.3) is 0 Å². The van der Waals surface area contributed by atoms with Crippen LogP contribution in [0.2, 0.25) is 5.02 Å². The summed E-state index contributed by atoms with van der Waals surface area (Å²) >= 11 is 5.91. The second kappa shape index (κ2) is 5.73. The van der Waals surface area contributed by atoms with Gasteiger partial charge < -0.3 is 14.4 Å². The molecular weight excluding hydrogens is 294 g/mol. The van der Waals surface area contributed by atoms with Crippen molar-refractivity contribution in [3.63, 3.8) is 0 Å². The van der Waals surface area contributed by atoms with Gasteiger partial charge in [0.05, 0.1) is 5.02 Å². The molecule has 1 aliphatic rings. The Morgan fingerprint density at radius 2 is 2.24 bits per heavy atom. The molecule has 1 N–H and O–H groups in total. The van der Waals surface area contributed by atoms with Crippen LogP contribution in [0.5, 0.6) is 5.75 Å². The fourth-order valence-corrected chi connectivity index (χ4v) is 2.70. The fraction of sp³-hybridized carbons (Fsp3) is 0.357. The van der Waals surface area contributed by atoms with E-state index in [1.165, 1.54) is 6.07 Å². The molecule has 21 heavy (non-hydrogen) atoms. The molecule has 0 fully saturated rings. The molecule has 6 nitrogen and oxygen atoms in total. The summed E-state index contributed by atoms with van der Waals surface area (Å²) in [5, 5.41) is 17.6. The maximum Gasteiger partial charge on any atom is 0.341 e. The van der Waals surface area contributed by atoms with Crippen LogP contribution in [0.1, 0.15) is 34.8 Å². The molecule has 0 unspecified atom stereocenters. The van der Waals surface area contributed by atoms with Gasteiger partial charge in [0.1, 0.15) is 23.7 Å². The molecule has 0 amide bonds. The minimum absolute atomic E-state index is 0.0300. The zero-order valence-corrected chi connectivity index (χ0v) is 12.0. The quantitative estimate of drug-likeness (QED) is 0.939. The first kappa shape index (κ1) is 13.9. The van der Waals surface area contributed by atoms with E-state index in [-0.39, 0.29) is 22.9 Å². The number of aromatic nitrogens is 3. The highest BCUT2D eigenvalue weighted by Crippen LogP contribution is 2.27. The summed E-state index contributed by atoms with van der Waals surface area (Å²) in [7, 11) is 0. The summed E-state index contributed by atoms with van der Waals surface area (Å²) in [6.45, 7) is 1.05. The Morgan fingerprint density at radius 3 is 3.05 bits per heavy atom. The van der Waals surface area contributed by atoms with E-state index in [1.54, 1.807) is 12.1 Å². The lowest BCUT2D eigenvalue weighted by Gasteiger charge is -2.15. The molecule has 7 heteroatoms. The SMILES string of the molecule is O=C(O)c1c(Cl)cccc1OCc1nnc2n1CCCC2. The maximum atomic E-state index is 11.2. The van der Waals surface area contributed by atoms with Crippen LogP contribution in [0.25, 0.3) is 0 Å². The molecule has 0 spiro atoms. The first-order valence-corrected chi connectivity index (χ1v) is 7.10. The van der Waals surface area contributed by atoms with Gasteiger partial charge in [0, 0.05) is 13.0 Å². The van der Waals surface area contributed by atoms with E-state index in [1.807, 2.05) is 4.57 Å². The number of hydrogen-bond acceptors (Lipinski definition) is 4. The van der Waals surface area contributed by atoms with Crippen molar-refractivity contribution in [1.82, 2.24) is 14.8 Å². The first-order chi connectivity index (χ1) is 10.2. The monoisotopic (exact) mass is 307 g/mol. The molecule has 0 saturated carbocycles. The van der Waals surface area contributed by atoms with Gasteiger partial charge in [-0.15, -0.1) is 10.2 Å². The molecule has 0 radical (unpaired) electrons.